The normalized spacial score (nSPS) is 11.4. The van der Waals surface area contributed by atoms with E-state index in [4.69, 9.17) is 0 Å². The maximum Gasteiger partial charge on any atom is 0.257 e. The van der Waals surface area contributed by atoms with E-state index in [1.165, 1.54) is 5.56 Å². The van der Waals surface area contributed by atoms with E-state index in [2.05, 4.69) is 66.2 Å². The lowest BCUT2D eigenvalue weighted by Crippen LogP contribution is -2.11. The summed E-state index contributed by atoms with van der Waals surface area (Å²) in [5.74, 6) is 1.09. The van der Waals surface area contributed by atoms with Gasteiger partial charge in [-0.3, -0.25) is 0 Å². The van der Waals surface area contributed by atoms with Crippen LogP contribution in [0.2, 0.25) is 0 Å². The number of nitrogens with one attached hydrogen (secondary N) is 2. The third-order valence-electron chi connectivity index (χ3n) is 6.30. The summed E-state index contributed by atoms with van der Waals surface area (Å²) >= 11 is 0. The molecule has 2 N–H and O–H groups in total. The molecule has 0 aliphatic rings. The van der Waals surface area contributed by atoms with Gasteiger partial charge in [-0.05, 0) is 66.6 Å². The first-order valence-corrected chi connectivity index (χ1v) is 12.4. The molecule has 0 bridgehead atoms. The average molecular weight is 499 g/mol. The fourth-order valence-electron chi connectivity index (χ4n) is 4.51. The molecule has 6 aromatic rings. The van der Waals surface area contributed by atoms with Gasteiger partial charge in [0.25, 0.3) is 5.95 Å². The Morgan fingerprint density at radius 1 is 0.737 bits per heavy atom. The monoisotopic (exact) mass is 498 g/mol. The molecule has 38 heavy (non-hydrogen) atoms. The molecule has 0 radical (unpaired) electrons. The van der Waals surface area contributed by atoms with Crippen LogP contribution >= 0.6 is 0 Å². The van der Waals surface area contributed by atoms with Crippen LogP contribution in [-0.2, 0) is 0 Å². The molecular weight excluding hydrogens is 472 g/mol. The summed E-state index contributed by atoms with van der Waals surface area (Å²) < 4.78 is 1.70. The smallest absolute Gasteiger partial charge is 0.257 e. The third-order valence-corrected chi connectivity index (χ3v) is 6.30. The molecule has 0 saturated carbocycles. The van der Waals surface area contributed by atoms with Crippen LogP contribution in [0.1, 0.15) is 22.5 Å². The number of hydrogen-bond acceptors (Lipinski definition) is 7. The number of anilines is 3. The molecule has 2 aromatic heterocycles. The lowest BCUT2D eigenvalue weighted by molar-refractivity contribution is 0.767. The number of nitrogens with zero attached hydrogens (tertiary/aromatic N) is 6. The van der Waals surface area contributed by atoms with Crippen molar-refractivity contribution in [2.75, 3.05) is 10.7 Å². The molecule has 8 heteroatoms. The fraction of sp³-hybridized carbons (Fsp3) is 0.100. The molecule has 2 heterocycles. The van der Waals surface area contributed by atoms with Gasteiger partial charge in [-0.1, -0.05) is 66.2 Å². The van der Waals surface area contributed by atoms with Crippen LogP contribution in [0.15, 0.2) is 90.0 Å². The fourth-order valence-corrected chi connectivity index (χ4v) is 4.51. The molecule has 6 rings (SSSR count). The van der Waals surface area contributed by atoms with Crippen molar-refractivity contribution in [3.8, 4) is 5.95 Å². The Morgan fingerprint density at radius 3 is 2.05 bits per heavy atom. The zero-order valence-electron chi connectivity index (χ0n) is 21.3. The van der Waals surface area contributed by atoms with Gasteiger partial charge < -0.3 is 5.32 Å². The number of aryl methyl sites for hydroxylation is 3. The topological polar surface area (TPSA) is 92.9 Å². The van der Waals surface area contributed by atoms with Gasteiger partial charge in [-0.2, -0.15) is 25.2 Å². The number of aromatic nitrogens is 5. The molecule has 0 amide bonds. The highest BCUT2D eigenvalue weighted by Crippen LogP contribution is 2.27. The minimum atomic E-state index is 0.304. The summed E-state index contributed by atoms with van der Waals surface area (Å²) in [5, 5.41) is 16.9. The van der Waals surface area contributed by atoms with Gasteiger partial charge >= 0.3 is 0 Å². The largest absolute Gasteiger partial charge is 0.324 e. The van der Waals surface area contributed by atoms with E-state index in [9.17, 15) is 0 Å². The van der Waals surface area contributed by atoms with Gasteiger partial charge in [0.1, 0.15) is 0 Å². The van der Waals surface area contributed by atoms with Gasteiger partial charge in [0.2, 0.25) is 11.9 Å². The molecule has 0 saturated heterocycles. The predicted octanol–water partition coefficient (Wildman–Crippen LogP) is 6.48. The Kier molecular flexibility index (Phi) is 5.97. The first-order valence-electron chi connectivity index (χ1n) is 12.4. The second-order valence-electron chi connectivity index (χ2n) is 9.22. The lowest BCUT2D eigenvalue weighted by Gasteiger charge is -2.10. The SMILES string of the molecule is Cc1ccc(Nc2nc(N/N=C/c3c4ccccc4cc4ccccc34)nc(-n3nc(C)cc3C)n2)cc1. The molecular formula is C30H26N8. The van der Waals surface area contributed by atoms with Gasteiger partial charge in [0.15, 0.2) is 0 Å². The molecule has 0 aliphatic heterocycles. The van der Waals surface area contributed by atoms with Gasteiger partial charge in [-0.25, -0.2) is 10.1 Å². The molecule has 4 aromatic carbocycles. The van der Waals surface area contributed by atoms with Crippen molar-refractivity contribution in [1.82, 2.24) is 24.7 Å². The van der Waals surface area contributed by atoms with Gasteiger partial charge in [-0.15, -0.1) is 0 Å². The van der Waals surface area contributed by atoms with Crippen LogP contribution in [0.4, 0.5) is 17.6 Å². The molecule has 186 valence electrons. The third kappa shape index (κ3) is 4.67. The van der Waals surface area contributed by atoms with Crippen LogP contribution in [0.25, 0.3) is 27.5 Å². The molecule has 0 atom stereocenters. The van der Waals surface area contributed by atoms with Crippen LogP contribution in [0.3, 0.4) is 0 Å². The molecule has 0 fully saturated rings. The second kappa shape index (κ2) is 9.74. The van der Waals surface area contributed by atoms with E-state index in [-0.39, 0.29) is 0 Å². The number of hydrazone groups is 1. The van der Waals surface area contributed by atoms with Crippen molar-refractivity contribution >= 4 is 45.3 Å². The second-order valence-corrected chi connectivity index (χ2v) is 9.22. The van der Waals surface area contributed by atoms with Crippen molar-refractivity contribution in [2.24, 2.45) is 5.10 Å². The van der Waals surface area contributed by atoms with E-state index in [1.807, 2.05) is 81.6 Å². The van der Waals surface area contributed by atoms with E-state index in [1.54, 1.807) is 4.68 Å². The van der Waals surface area contributed by atoms with E-state index in [0.717, 1.165) is 44.2 Å². The maximum absolute atomic E-state index is 4.62. The van der Waals surface area contributed by atoms with Crippen molar-refractivity contribution in [2.45, 2.75) is 20.8 Å². The van der Waals surface area contributed by atoms with Crippen molar-refractivity contribution in [3.63, 3.8) is 0 Å². The zero-order valence-corrected chi connectivity index (χ0v) is 21.3. The Morgan fingerprint density at radius 2 is 1.39 bits per heavy atom. The lowest BCUT2D eigenvalue weighted by atomic mass is 9.97. The van der Waals surface area contributed by atoms with Gasteiger partial charge in [0, 0.05) is 16.9 Å². The highest BCUT2D eigenvalue weighted by atomic mass is 15.4. The Hall–Kier alpha value is -5.11. The number of hydrogen-bond donors (Lipinski definition) is 2. The molecule has 0 spiro atoms. The standard InChI is InChI=1S/C30H26N8/c1-19-12-14-24(15-13-19)32-28-33-29(35-30(34-28)38-21(3)16-20(2)37-38)36-31-18-27-25-10-6-4-8-22(25)17-23-9-5-7-11-26(23)27/h4-18H,1-3H3,(H2,32,33,34,35,36)/b31-18+. The Balaban J connectivity index is 1.38. The quantitative estimate of drug-likeness (QED) is 0.155. The number of rotatable bonds is 6. The number of benzene rings is 4. The Bertz CT molecular complexity index is 1750. The van der Waals surface area contributed by atoms with Crippen LogP contribution < -0.4 is 10.7 Å². The first kappa shape index (κ1) is 23.3. The van der Waals surface area contributed by atoms with Crippen molar-refractivity contribution < 1.29 is 0 Å². The average Bonchev–Trinajstić information content (AvgIpc) is 3.27. The first-order chi connectivity index (χ1) is 18.5. The molecule has 0 aliphatic carbocycles. The summed E-state index contributed by atoms with van der Waals surface area (Å²) in [4.78, 5) is 13.8. The maximum atomic E-state index is 4.62. The van der Waals surface area contributed by atoms with Crippen molar-refractivity contribution in [1.29, 1.82) is 0 Å². The highest BCUT2D eigenvalue weighted by molar-refractivity contribution is 6.13. The highest BCUT2D eigenvalue weighted by Gasteiger charge is 2.12. The Labute approximate surface area is 220 Å². The van der Waals surface area contributed by atoms with Gasteiger partial charge in [0.05, 0.1) is 11.9 Å². The summed E-state index contributed by atoms with van der Waals surface area (Å²) in [7, 11) is 0. The molecule has 0 unspecified atom stereocenters. The van der Waals surface area contributed by atoms with Crippen LogP contribution in [0, 0.1) is 20.8 Å². The zero-order chi connectivity index (χ0) is 26.1. The van der Waals surface area contributed by atoms with E-state index in [0.29, 0.717) is 17.8 Å². The molecule has 8 nitrogen and oxygen atoms in total. The summed E-state index contributed by atoms with van der Waals surface area (Å²) in [5.41, 5.74) is 7.90. The number of fused-ring (bicyclic) bond motifs is 2. The predicted molar refractivity (Wildman–Crippen MR) is 154 cm³/mol. The summed E-state index contributed by atoms with van der Waals surface area (Å²) in [6.45, 7) is 5.95. The summed E-state index contributed by atoms with van der Waals surface area (Å²) in [6.07, 6.45) is 1.82. The van der Waals surface area contributed by atoms with Crippen molar-refractivity contribution in [3.05, 3.63) is 107 Å². The minimum absolute atomic E-state index is 0.304. The van der Waals surface area contributed by atoms with Crippen LogP contribution in [0.5, 0.6) is 0 Å². The van der Waals surface area contributed by atoms with E-state index < -0.39 is 0 Å². The van der Waals surface area contributed by atoms with E-state index >= 15 is 0 Å². The van der Waals surface area contributed by atoms with Crippen LogP contribution in [-0.4, -0.2) is 30.9 Å². The minimum Gasteiger partial charge on any atom is -0.324 e. The summed E-state index contributed by atoms with van der Waals surface area (Å²) in [6, 6.07) is 28.8.